The number of methoxy groups -OCH3 is 1. The van der Waals surface area contributed by atoms with Crippen molar-refractivity contribution in [2.24, 2.45) is 5.92 Å². The monoisotopic (exact) mass is 420 g/mol. The first-order valence-corrected chi connectivity index (χ1v) is 10.3. The van der Waals surface area contributed by atoms with Crippen LogP contribution in [0.1, 0.15) is 44.1 Å². The number of piperidine rings is 1. The van der Waals surface area contributed by atoms with Crippen LogP contribution in [0.15, 0.2) is 59.0 Å². The molecule has 4 rings (SSSR count). The Bertz CT molecular complexity index is 1060. The predicted octanol–water partition coefficient (Wildman–Crippen LogP) is 3.50. The van der Waals surface area contributed by atoms with Crippen LogP contribution in [0.4, 0.5) is 0 Å². The van der Waals surface area contributed by atoms with Crippen molar-refractivity contribution in [2.45, 2.75) is 12.8 Å². The maximum Gasteiger partial charge on any atom is 0.337 e. The maximum atomic E-state index is 12.8. The lowest BCUT2D eigenvalue weighted by atomic mass is 9.96. The first kappa shape index (κ1) is 20.7. The number of hydrogen-bond acceptors (Lipinski definition) is 5. The van der Waals surface area contributed by atoms with Crippen molar-refractivity contribution in [1.29, 1.82) is 0 Å². The molecule has 0 unspecified atom stereocenters. The second kappa shape index (κ2) is 9.04. The Morgan fingerprint density at radius 1 is 1.03 bits per heavy atom. The Hall–Kier alpha value is -3.61. The van der Waals surface area contributed by atoms with Crippen molar-refractivity contribution in [3.8, 4) is 0 Å². The van der Waals surface area contributed by atoms with Crippen molar-refractivity contribution in [1.82, 2.24) is 10.2 Å². The van der Waals surface area contributed by atoms with E-state index >= 15 is 0 Å². The van der Waals surface area contributed by atoms with Crippen LogP contribution in [0, 0.1) is 5.92 Å². The smallest absolute Gasteiger partial charge is 0.337 e. The fourth-order valence-corrected chi connectivity index (χ4v) is 3.80. The molecule has 1 aliphatic rings. The topological polar surface area (TPSA) is 88.9 Å². The number of furan rings is 1. The van der Waals surface area contributed by atoms with Crippen LogP contribution in [0.2, 0.25) is 0 Å². The molecular weight excluding hydrogens is 396 g/mol. The zero-order valence-corrected chi connectivity index (χ0v) is 17.3. The SMILES string of the molecule is COC(=O)c1ccc(C(=O)NCC2CCN(C(=O)c3cc4ccccc4o3)CC2)cc1. The van der Waals surface area contributed by atoms with Gasteiger partial charge in [0.05, 0.1) is 12.7 Å². The van der Waals surface area contributed by atoms with Gasteiger partial charge in [-0.1, -0.05) is 18.2 Å². The van der Waals surface area contributed by atoms with Crippen molar-refractivity contribution in [2.75, 3.05) is 26.7 Å². The number of para-hydroxylation sites is 1. The van der Waals surface area contributed by atoms with E-state index in [-0.39, 0.29) is 11.8 Å². The van der Waals surface area contributed by atoms with E-state index < -0.39 is 5.97 Å². The summed E-state index contributed by atoms with van der Waals surface area (Å²) in [4.78, 5) is 38.4. The molecule has 0 saturated carbocycles. The first-order chi connectivity index (χ1) is 15.0. The Morgan fingerprint density at radius 3 is 2.39 bits per heavy atom. The number of fused-ring (bicyclic) bond motifs is 1. The van der Waals surface area contributed by atoms with Gasteiger partial charge in [-0.25, -0.2) is 4.79 Å². The van der Waals surface area contributed by atoms with Crippen LogP contribution in [-0.2, 0) is 4.74 Å². The molecule has 31 heavy (non-hydrogen) atoms. The van der Waals surface area contributed by atoms with Crippen molar-refractivity contribution in [3.05, 3.63) is 71.5 Å². The van der Waals surface area contributed by atoms with E-state index in [1.165, 1.54) is 7.11 Å². The highest BCUT2D eigenvalue weighted by Gasteiger charge is 2.26. The maximum absolute atomic E-state index is 12.8. The molecular formula is C24H24N2O5. The van der Waals surface area contributed by atoms with Gasteiger partial charge in [0.1, 0.15) is 5.58 Å². The number of rotatable bonds is 5. The summed E-state index contributed by atoms with van der Waals surface area (Å²) in [5.41, 5.74) is 1.61. The Kier molecular flexibility index (Phi) is 6.02. The average molecular weight is 420 g/mol. The molecule has 3 aromatic rings. The molecule has 2 amide bonds. The van der Waals surface area contributed by atoms with Gasteiger partial charge in [0.15, 0.2) is 5.76 Å². The van der Waals surface area contributed by atoms with Gasteiger partial charge in [0.25, 0.3) is 11.8 Å². The van der Waals surface area contributed by atoms with Crippen LogP contribution in [0.25, 0.3) is 11.0 Å². The molecule has 7 heteroatoms. The highest BCUT2D eigenvalue weighted by Crippen LogP contribution is 2.23. The summed E-state index contributed by atoms with van der Waals surface area (Å²) in [6.45, 7) is 1.80. The molecule has 7 nitrogen and oxygen atoms in total. The van der Waals surface area contributed by atoms with Gasteiger partial charge in [-0.2, -0.15) is 0 Å². The van der Waals surface area contributed by atoms with Crippen LogP contribution < -0.4 is 5.32 Å². The van der Waals surface area contributed by atoms with E-state index in [1.807, 2.05) is 29.2 Å². The Morgan fingerprint density at radius 2 is 1.71 bits per heavy atom. The number of hydrogen-bond donors (Lipinski definition) is 1. The molecule has 0 radical (unpaired) electrons. The van der Waals surface area contributed by atoms with Gasteiger partial charge < -0.3 is 19.4 Å². The summed E-state index contributed by atoms with van der Waals surface area (Å²) in [6, 6.07) is 15.7. The number of carbonyl (C=O) groups is 3. The lowest BCUT2D eigenvalue weighted by molar-refractivity contribution is 0.0599. The summed E-state index contributed by atoms with van der Waals surface area (Å²) < 4.78 is 10.4. The number of likely N-dealkylation sites (tertiary alicyclic amines) is 1. The summed E-state index contributed by atoms with van der Waals surface area (Å²) in [6.07, 6.45) is 1.63. The van der Waals surface area contributed by atoms with Gasteiger partial charge in [0.2, 0.25) is 0 Å². The molecule has 0 bridgehead atoms. The normalized spacial score (nSPS) is 14.4. The third kappa shape index (κ3) is 4.60. The number of carbonyl (C=O) groups excluding carboxylic acids is 3. The standard InChI is InChI=1S/C24H24N2O5/c1-30-24(29)18-8-6-17(7-9-18)22(27)25-15-16-10-12-26(13-11-16)23(28)21-14-19-4-2-3-5-20(19)31-21/h2-9,14,16H,10-13,15H2,1H3,(H,25,27). The number of amides is 2. The highest BCUT2D eigenvalue weighted by atomic mass is 16.5. The van der Waals surface area contributed by atoms with Crippen molar-refractivity contribution in [3.63, 3.8) is 0 Å². The summed E-state index contributed by atoms with van der Waals surface area (Å²) in [5.74, 6) is -0.0427. The van der Waals surface area contributed by atoms with Crippen LogP contribution in [-0.4, -0.2) is 49.4 Å². The van der Waals surface area contributed by atoms with Gasteiger partial charge in [-0.15, -0.1) is 0 Å². The molecule has 1 aromatic heterocycles. The molecule has 1 fully saturated rings. The molecule has 1 N–H and O–H groups in total. The fraction of sp³-hybridized carbons (Fsp3) is 0.292. The Balaban J connectivity index is 1.26. The van der Waals surface area contributed by atoms with E-state index in [4.69, 9.17) is 4.42 Å². The van der Waals surface area contributed by atoms with E-state index in [0.717, 1.165) is 18.2 Å². The number of nitrogens with zero attached hydrogens (tertiary/aromatic N) is 1. The number of ether oxygens (including phenoxy) is 1. The molecule has 2 aromatic carbocycles. The highest BCUT2D eigenvalue weighted by molar-refractivity contribution is 5.97. The molecule has 0 atom stereocenters. The Labute approximate surface area is 180 Å². The molecule has 1 aliphatic heterocycles. The van der Waals surface area contributed by atoms with Crippen LogP contribution >= 0.6 is 0 Å². The second-order valence-corrected chi connectivity index (χ2v) is 7.66. The van der Waals surface area contributed by atoms with Crippen molar-refractivity contribution < 1.29 is 23.5 Å². The first-order valence-electron chi connectivity index (χ1n) is 10.3. The zero-order valence-electron chi connectivity index (χ0n) is 17.3. The third-order valence-corrected chi connectivity index (χ3v) is 5.66. The van der Waals surface area contributed by atoms with E-state index in [9.17, 15) is 14.4 Å². The average Bonchev–Trinajstić information content (AvgIpc) is 3.26. The molecule has 0 aliphatic carbocycles. The van der Waals surface area contributed by atoms with E-state index in [2.05, 4.69) is 10.1 Å². The molecule has 1 saturated heterocycles. The fourth-order valence-electron chi connectivity index (χ4n) is 3.80. The van der Waals surface area contributed by atoms with Gasteiger partial charge in [-0.05, 0) is 55.2 Å². The third-order valence-electron chi connectivity index (χ3n) is 5.66. The lowest BCUT2D eigenvalue weighted by Crippen LogP contribution is -2.41. The number of benzene rings is 2. The lowest BCUT2D eigenvalue weighted by Gasteiger charge is -2.31. The van der Waals surface area contributed by atoms with Crippen LogP contribution in [0.5, 0.6) is 0 Å². The van der Waals surface area contributed by atoms with Gasteiger partial charge in [0, 0.05) is 30.6 Å². The van der Waals surface area contributed by atoms with Crippen molar-refractivity contribution >= 4 is 28.8 Å². The molecule has 160 valence electrons. The zero-order chi connectivity index (χ0) is 21.8. The summed E-state index contributed by atoms with van der Waals surface area (Å²) in [5, 5.41) is 3.87. The molecule has 0 spiro atoms. The van der Waals surface area contributed by atoms with Gasteiger partial charge in [-0.3, -0.25) is 9.59 Å². The van der Waals surface area contributed by atoms with Crippen LogP contribution in [0.3, 0.4) is 0 Å². The van der Waals surface area contributed by atoms with Gasteiger partial charge >= 0.3 is 5.97 Å². The van der Waals surface area contributed by atoms with E-state index in [0.29, 0.717) is 48.0 Å². The minimum atomic E-state index is -0.434. The minimum absolute atomic E-state index is 0.0932. The second-order valence-electron chi connectivity index (χ2n) is 7.66. The largest absolute Gasteiger partial charge is 0.465 e. The molecule has 2 heterocycles. The quantitative estimate of drug-likeness (QED) is 0.638. The number of esters is 1. The summed E-state index contributed by atoms with van der Waals surface area (Å²) in [7, 11) is 1.32. The summed E-state index contributed by atoms with van der Waals surface area (Å²) >= 11 is 0. The minimum Gasteiger partial charge on any atom is -0.465 e. The predicted molar refractivity (Wildman–Crippen MR) is 115 cm³/mol. The van der Waals surface area contributed by atoms with E-state index in [1.54, 1.807) is 30.3 Å². The number of nitrogens with one attached hydrogen (secondary N) is 1.